The maximum absolute atomic E-state index is 6.17. The van der Waals surface area contributed by atoms with Crippen LogP contribution in [0.5, 0.6) is 5.75 Å². The largest absolute Gasteiger partial charge is 0.489 e. The summed E-state index contributed by atoms with van der Waals surface area (Å²) in [6.07, 6.45) is 0. The van der Waals surface area contributed by atoms with E-state index in [2.05, 4.69) is 19.2 Å². The molecule has 126 valence electrons. The van der Waals surface area contributed by atoms with E-state index >= 15 is 0 Å². The van der Waals surface area contributed by atoms with Gasteiger partial charge in [0.2, 0.25) is 0 Å². The second kappa shape index (κ2) is 9.61. The fourth-order valence-electron chi connectivity index (χ4n) is 1.94. The predicted octanol–water partition coefficient (Wildman–Crippen LogP) is 6.15. The summed E-state index contributed by atoms with van der Waals surface area (Å²) in [5.41, 5.74) is 1.91. The van der Waals surface area contributed by atoms with Gasteiger partial charge in [0.25, 0.3) is 0 Å². The number of halogens is 4. The van der Waals surface area contributed by atoms with Crippen molar-refractivity contribution < 1.29 is 4.74 Å². The van der Waals surface area contributed by atoms with Crippen molar-refractivity contribution in [3.63, 3.8) is 0 Å². The van der Waals surface area contributed by atoms with Crippen LogP contribution in [0.15, 0.2) is 36.4 Å². The van der Waals surface area contributed by atoms with Crippen LogP contribution < -0.4 is 10.1 Å². The van der Waals surface area contributed by atoms with Crippen LogP contribution in [0.3, 0.4) is 0 Å². The molecular formula is C17H19Cl4NO. The Morgan fingerprint density at radius 2 is 1.61 bits per heavy atom. The number of hydrogen-bond donors (Lipinski definition) is 1. The summed E-state index contributed by atoms with van der Waals surface area (Å²) in [7, 11) is 0. The molecular weight excluding hydrogens is 376 g/mol. The molecule has 2 rings (SSSR count). The molecule has 1 N–H and O–H groups in total. The van der Waals surface area contributed by atoms with Crippen molar-refractivity contribution in [1.82, 2.24) is 5.32 Å². The molecule has 0 aliphatic carbocycles. The molecule has 0 amide bonds. The quantitative estimate of drug-likeness (QED) is 0.634. The Balaban J connectivity index is 0.00000264. The minimum absolute atomic E-state index is 0. The molecule has 0 saturated carbocycles. The van der Waals surface area contributed by atoms with Crippen molar-refractivity contribution in [3.05, 3.63) is 62.6 Å². The highest BCUT2D eigenvalue weighted by Crippen LogP contribution is 2.26. The highest BCUT2D eigenvalue weighted by atomic mass is 35.5. The topological polar surface area (TPSA) is 21.3 Å². The van der Waals surface area contributed by atoms with Crippen LogP contribution in [-0.4, -0.2) is 6.04 Å². The van der Waals surface area contributed by atoms with Gasteiger partial charge in [-0.3, -0.25) is 0 Å². The Morgan fingerprint density at radius 1 is 0.957 bits per heavy atom. The SMILES string of the molecule is CC(C)NCc1cc(Cl)ccc1OCc1ccc(Cl)cc1Cl.Cl. The second-order valence-corrected chi connectivity index (χ2v) is 6.59. The lowest BCUT2D eigenvalue weighted by Crippen LogP contribution is -2.22. The molecule has 23 heavy (non-hydrogen) atoms. The maximum Gasteiger partial charge on any atom is 0.124 e. The van der Waals surface area contributed by atoms with Crippen molar-refractivity contribution >= 4 is 47.2 Å². The second-order valence-electron chi connectivity index (χ2n) is 5.31. The van der Waals surface area contributed by atoms with E-state index < -0.39 is 0 Å². The van der Waals surface area contributed by atoms with Crippen molar-refractivity contribution in [2.45, 2.75) is 33.0 Å². The molecule has 0 heterocycles. The minimum atomic E-state index is 0. The third-order valence-corrected chi connectivity index (χ3v) is 3.94. The van der Waals surface area contributed by atoms with Crippen LogP contribution in [0, 0.1) is 0 Å². The molecule has 2 nitrogen and oxygen atoms in total. The molecule has 0 radical (unpaired) electrons. The van der Waals surface area contributed by atoms with E-state index in [4.69, 9.17) is 39.5 Å². The van der Waals surface area contributed by atoms with Crippen molar-refractivity contribution in [3.8, 4) is 5.75 Å². The zero-order valence-corrected chi connectivity index (χ0v) is 16.0. The van der Waals surface area contributed by atoms with Gasteiger partial charge < -0.3 is 10.1 Å². The Kier molecular flexibility index (Phi) is 8.52. The van der Waals surface area contributed by atoms with Gasteiger partial charge in [-0.15, -0.1) is 12.4 Å². The molecule has 0 atom stereocenters. The first kappa shape index (κ1) is 20.4. The maximum atomic E-state index is 6.17. The monoisotopic (exact) mass is 393 g/mol. The summed E-state index contributed by atoms with van der Waals surface area (Å²) in [5.74, 6) is 0.795. The lowest BCUT2D eigenvalue weighted by molar-refractivity contribution is 0.302. The summed E-state index contributed by atoms with van der Waals surface area (Å²) < 4.78 is 5.91. The lowest BCUT2D eigenvalue weighted by atomic mass is 10.2. The number of hydrogen-bond acceptors (Lipinski definition) is 2. The lowest BCUT2D eigenvalue weighted by Gasteiger charge is -2.15. The molecule has 2 aromatic rings. The molecule has 0 aromatic heterocycles. The minimum Gasteiger partial charge on any atom is -0.489 e. The standard InChI is InChI=1S/C17H18Cl3NO.ClH/c1-11(2)21-9-13-7-14(18)5-6-17(13)22-10-12-3-4-15(19)8-16(12)20;/h3-8,11,21H,9-10H2,1-2H3;1H. The summed E-state index contributed by atoms with van der Waals surface area (Å²) in [6, 6.07) is 11.4. The van der Waals surface area contributed by atoms with Crippen LogP contribution in [0.25, 0.3) is 0 Å². The number of nitrogens with one attached hydrogen (secondary N) is 1. The number of rotatable bonds is 6. The summed E-state index contributed by atoms with van der Waals surface area (Å²) in [6.45, 7) is 5.27. The summed E-state index contributed by atoms with van der Waals surface area (Å²) in [5, 5.41) is 5.27. The first-order chi connectivity index (χ1) is 10.5. The highest BCUT2D eigenvalue weighted by Gasteiger charge is 2.08. The summed E-state index contributed by atoms with van der Waals surface area (Å²) in [4.78, 5) is 0. The molecule has 6 heteroatoms. The molecule has 0 spiro atoms. The average Bonchev–Trinajstić information content (AvgIpc) is 2.45. The van der Waals surface area contributed by atoms with Gasteiger partial charge in [0, 0.05) is 38.8 Å². The fraction of sp³-hybridized carbons (Fsp3) is 0.294. The van der Waals surface area contributed by atoms with Crippen LogP contribution in [0.4, 0.5) is 0 Å². The Labute approximate surface area is 158 Å². The first-order valence-corrected chi connectivity index (χ1v) is 8.17. The van der Waals surface area contributed by atoms with Crippen LogP contribution in [0.2, 0.25) is 15.1 Å². The Hall–Kier alpha value is -0.640. The Bertz CT molecular complexity index is 646. The fourth-order valence-corrected chi connectivity index (χ4v) is 2.59. The van der Waals surface area contributed by atoms with E-state index in [1.807, 2.05) is 24.3 Å². The van der Waals surface area contributed by atoms with Gasteiger partial charge >= 0.3 is 0 Å². The van der Waals surface area contributed by atoms with Crippen molar-refractivity contribution in [2.24, 2.45) is 0 Å². The third-order valence-electron chi connectivity index (χ3n) is 3.12. The zero-order chi connectivity index (χ0) is 16.1. The van der Waals surface area contributed by atoms with Gasteiger partial charge in [-0.05, 0) is 30.3 Å². The van der Waals surface area contributed by atoms with Crippen LogP contribution in [0.1, 0.15) is 25.0 Å². The Morgan fingerprint density at radius 3 is 2.26 bits per heavy atom. The van der Waals surface area contributed by atoms with Gasteiger partial charge in [0.15, 0.2) is 0 Å². The van der Waals surface area contributed by atoms with Gasteiger partial charge in [0.05, 0.1) is 0 Å². The zero-order valence-electron chi connectivity index (χ0n) is 12.9. The van der Waals surface area contributed by atoms with E-state index in [1.165, 1.54) is 0 Å². The normalized spacial score (nSPS) is 10.5. The van der Waals surface area contributed by atoms with Crippen LogP contribution in [-0.2, 0) is 13.2 Å². The van der Waals surface area contributed by atoms with Gasteiger partial charge in [-0.1, -0.05) is 54.7 Å². The van der Waals surface area contributed by atoms with Gasteiger partial charge in [-0.2, -0.15) is 0 Å². The van der Waals surface area contributed by atoms with E-state index in [-0.39, 0.29) is 12.4 Å². The summed E-state index contributed by atoms with van der Waals surface area (Å²) >= 11 is 18.1. The van der Waals surface area contributed by atoms with Crippen molar-refractivity contribution in [1.29, 1.82) is 0 Å². The molecule has 2 aromatic carbocycles. The first-order valence-electron chi connectivity index (χ1n) is 7.04. The molecule has 0 saturated heterocycles. The molecule has 0 unspecified atom stereocenters. The molecule has 0 aliphatic heterocycles. The average molecular weight is 395 g/mol. The van der Waals surface area contributed by atoms with E-state index in [0.29, 0.717) is 34.3 Å². The van der Waals surface area contributed by atoms with Gasteiger partial charge in [0.1, 0.15) is 12.4 Å². The number of benzene rings is 2. The van der Waals surface area contributed by atoms with Crippen molar-refractivity contribution in [2.75, 3.05) is 0 Å². The van der Waals surface area contributed by atoms with E-state index in [0.717, 1.165) is 16.9 Å². The predicted molar refractivity (Wildman–Crippen MR) is 101 cm³/mol. The van der Waals surface area contributed by atoms with Gasteiger partial charge in [-0.25, -0.2) is 0 Å². The molecule has 0 aliphatic rings. The van der Waals surface area contributed by atoms with Crippen LogP contribution >= 0.6 is 47.2 Å². The highest BCUT2D eigenvalue weighted by molar-refractivity contribution is 6.35. The number of ether oxygens (including phenoxy) is 1. The third kappa shape index (κ3) is 6.40. The van der Waals surface area contributed by atoms with E-state index in [9.17, 15) is 0 Å². The smallest absolute Gasteiger partial charge is 0.124 e. The molecule has 0 fully saturated rings. The molecule has 0 bridgehead atoms. The van der Waals surface area contributed by atoms with E-state index in [1.54, 1.807) is 12.1 Å².